The number of oxime groups is 1. The Morgan fingerprint density at radius 2 is 1.53 bits per heavy atom. The van der Waals surface area contributed by atoms with Gasteiger partial charge in [-0.2, -0.15) is 0 Å². The van der Waals surface area contributed by atoms with Gasteiger partial charge in [0, 0.05) is 23.5 Å². The molecule has 0 fully saturated rings. The highest BCUT2D eigenvalue weighted by atomic mass is 16.7. The van der Waals surface area contributed by atoms with Gasteiger partial charge in [-0.1, -0.05) is 102 Å². The number of carbonyl (C=O) groups is 2. The number of carbonyl (C=O) groups excluding carboxylic acids is 2. The molecule has 0 amide bonds. The summed E-state index contributed by atoms with van der Waals surface area (Å²) in [6.45, 7) is 0.381. The van der Waals surface area contributed by atoms with Crippen LogP contribution in [0.15, 0.2) is 114 Å². The van der Waals surface area contributed by atoms with Crippen molar-refractivity contribution in [1.29, 1.82) is 0 Å². The number of methoxy groups -OCH3 is 1. The molecule has 6 nitrogen and oxygen atoms in total. The molecule has 190 valence electrons. The van der Waals surface area contributed by atoms with Gasteiger partial charge in [0.05, 0.1) is 7.11 Å². The highest BCUT2D eigenvalue weighted by Crippen LogP contribution is 2.40. The molecule has 0 saturated heterocycles. The van der Waals surface area contributed by atoms with Crippen molar-refractivity contribution in [3.05, 3.63) is 131 Å². The van der Waals surface area contributed by atoms with E-state index in [0.29, 0.717) is 29.4 Å². The van der Waals surface area contributed by atoms with E-state index in [4.69, 9.17) is 14.3 Å². The quantitative estimate of drug-likeness (QED) is 0.189. The Bertz CT molecular complexity index is 1430. The third-order valence-corrected chi connectivity index (χ3v) is 6.61. The van der Waals surface area contributed by atoms with Crippen LogP contribution in [0.25, 0.3) is 0 Å². The van der Waals surface area contributed by atoms with E-state index in [-0.39, 0.29) is 12.2 Å². The maximum atomic E-state index is 13.4. The standard InChI is InChI=1S/C32H27NO5/c1-36-29-19-25(17-18-28(29)37-21-22-11-5-2-6-12-22)26(20-27(34)23-13-7-3-8-14-23)30-31(33-38-32(30)35)24-15-9-4-10-16-24/h2-19,26,30H,20-21H2,1H3. The van der Waals surface area contributed by atoms with Crippen LogP contribution in [-0.2, 0) is 16.2 Å². The van der Waals surface area contributed by atoms with Gasteiger partial charge in [0.25, 0.3) is 0 Å². The molecule has 1 aliphatic heterocycles. The molecule has 0 bridgehead atoms. The minimum absolute atomic E-state index is 0.0777. The smallest absolute Gasteiger partial charge is 0.344 e. The predicted molar refractivity (Wildman–Crippen MR) is 144 cm³/mol. The molecule has 1 aliphatic rings. The number of ether oxygens (including phenoxy) is 2. The zero-order valence-corrected chi connectivity index (χ0v) is 20.9. The summed E-state index contributed by atoms with van der Waals surface area (Å²) in [5, 5.41) is 4.12. The van der Waals surface area contributed by atoms with Gasteiger partial charge in [-0.05, 0) is 23.3 Å². The van der Waals surface area contributed by atoms with Crippen LogP contribution in [-0.4, -0.2) is 24.6 Å². The van der Waals surface area contributed by atoms with E-state index in [1.54, 1.807) is 19.2 Å². The van der Waals surface area contributed by atoms with E-state index >= 15 is 0 Å². The molecule has 0 aliphatic carbocycles. The van der Waals surface area contributed by atoms with Crippen molar-refractivity contribution in [2.45, 2.75) is 18.9 Å². The van der Waals surface area contributed by atoms with Gasteiger partial charge in [-0.15, -0.1) is 0 Å². The monoisotopic (exact) mass is 505 g/mol. The largest absolute Gasteiger partial charge is 0.493 e. The van der Waals surface area contributed by atoms with E-state index in [1.807, 2.05) is 97.1 Å². The molecule has 6 heteroatoms. The predicted octanol–water partition coefficient (Wildman–Crippen LogP) is 6.21. The summed E-state index contributed by atoms with van der Waals surface area (Å²) in [5.41, 5.74) is 3.64. The number of Topliss-reactive ketones (excluding diaryl/α,β-unsaturated/α-hetero) is 1. The van der Waals surface area contributed by atoms with Gasteiger partial charge in [-0.25, -0.2) is 4.79 Å². The normalized spacial score (nSPS) is 15.3. The molecule has 0 aromatic heterocycles. The summed E-state index contributed by atoms with van der Waals surface area (Å²) in [6.07, 6.45) is 0.0863. The number of hydrogen-bond acceptors (Lipinski definition) is 6. The number of benzene rings is 4. The van der Waals surface area contributed by atoms with Crippen LogP contribution < -0.4 is 9.47 Å². The minimum atomic E-state index is -0.758. The molecule has 0 radical (unpaired) electrons. The number of ketones is 1. The molecule has 0 saturated carbocycles. The van der Waals surface area contributed by atoms with Crippen molar-refractivity contribution in [2.24, 2.45) is 11.1 Å². The average molecular weight is 506 g/mol. The van der Waals surface area contributed by atoms with Crippen molar-refractivity contribution in [2.75, 3.05) is 7.11 Å². The third kappa shape index (κ3) is 5.49. The number of nitrogens with zero attached hydrogens (tertiary/aromatic N) is 1. The van der Waals surface area contributed by atoms with E-state index in [9.17, 15) is 9.59 Å². The summed E-state index contributed by atoms with van der Waals surface area (Å²) in [6, 6.07) is 33.8. The first-order valence-corrected chi connectivity index (χ1v) is 12.4. The lowest BCUT2D eigenvalue weighted by molar-refractivity contribution is -0.143. The van der Waals surface area contributed by atoms with Gasteiger partial charge in [0.1, 0.15) is 18.2 Å². The highest BCUT2D eigenvalue weighted by molar-refractivity contribution is 6.15. The second kappa shape index (κ2) is 11.6. The molecule has 2 atom stereocenters. The molecule has 2 unspecified atom stereocenters. The minimum Gasteiger partial charge on any atom is -0.493 e. The highest BCUT2D eigenvalue weighted by Gasteiger charge is 2.42. The molecular weight excluding hydrogens is 478 g/mol. The molecule has 1 heterocycles. The van der Waals surface area contributed by atoms with Crippen LogP contribution in [0.5, 0.6) is 11.5 Å². The summed E-state index contributed by atoms with van der Waals surface area (Å²) < 4.78 is 11.7. The van der Waals surface area contributed by atoms with Crippen LogP contribution in [0.1, 0.15) is 39.4 Å². The Hall–Kier alpha value is -4.71. The Morgan fingerprint density at radius 3 is 2.21 bits per heavy atom. The van der Waals surface area contributed by atoms with Crippen LogP contribution in [0.2, 0.25) is 0 Å². The average Bonchev–Trinajstić information content (AvgIpc) is 3.37. The van der Waals surface area contributed by atoms with Gasteiger partial charge < -0.3 is 14.3 Å². The fourth-order valence-electron chi connectivity index (χ4n) is 4.65. The summed E-state index contributed by atoms with van der Waals surface area (Å²) in [5.74, 6) is -0.775. The lowest BCUT2D eigenvalue weighted by atomic mass is 9.77. The first-order chi connectivity index (χ1) is 18.6. The topological polar surface area (TPSA) is 74.2 Å². The molecule has 0 spiro atoms. The molecule has 5 rings (SSSR count). The molecule has 4 aromatic rings. The van der Waals surface area contributed by atoms with Gasteiger partial charge in [0.15, 0.2) is 17.3 Å². The van der Waals surface area contributed by atoms with Crippen molar-refractivity contribution < 1.29 is 23.9 Å². The van der Waals surface area contributed by atoms with Crippen LogP contribution in [0.4, 0.5) is 0 Å². The van der Waals surface area contributed by atoms with E-state index in [2.05, 4.69) is 5.16 Å². The Labute approximate surface area is 221 Å². The lowest BCUT2D eigenvalue weighted by Gasteiger charge is -2.23. The Balaban J connectivity index is 1.50. The molecular formula is C32H27NO5. The summed E-state index contributed by atoms with van der Waals surface area (Å²) in [7, 11) is 1.57. The Morgan fingerprint density at radius 1 is 0.868 bits per heavy atom. The fourth-order valence-corrected chi connectivity index (χ4v) is 4.65. The maximum Gasteiger partial charge on any atom is 0.344 e. The van der Waals surface area contributed by atoms with Gasteiger partial charge in [0.2, 0.25) is 0 Å². The zero-order valence-electron chi connectivity index (χ0n) is 20.9. The third-order valence-electron chi connectivity index (χ3n) is 6.61. The van der Waals surface area contributed by atoms with Crippen molar-refractivity contribution in [3.8, 4) is 11.5 Å². The number of hydrogen-bond donors (Lipinski definition) is 0. The van der Waals surface area contributed by atoms with E-state index in [1.165, 1.54) is 0 Å². The fraction of sp³-hybridized carbons (Fsp3) is 0.156. The zero-order chi connectivity index (χ0) is 26.3. The molecule has 38 heavy (non-hydrogen) atoms. The van der Waals surface area contributed by atoms with Gasteiger partial charge in [-0.3, -0.25) is 4.79 Å². The van der Waals surface area contributed by atoms with E-state index < -0.39 is 17.8 Å². The molecule has 0 N–H and O–H groups in total. The van der Waals surface area contributed by atoms with Crippen LogP contribution in [0, 0.1) is 5.92 Å². The SMILES string of the molecule is COc1cc(C(CC(=O)c2ccccc2)C2C(=O)ON=C2c2ccccc2)ccc1OCc1ccccc1. The van der Waals surface area contributed by atoms with Crippen molar-refractivity contribution in [3.63, 3.8) is 0 Å². The van der Waals surface area contributed by atoms with E-state index in [0.717, 1.165) is 16.7 Å². The van der Waals surface area contributed by atoms with Crippen molar-refractivity contribution in [1.82, 2.24) is 0 Å². The van der Waals surface area contributed by atoms with Gasteiger partial charge >= 0.3 is 5.97 Å². The lowest BCUT2D eigenvalue weighted by Crippen LogP contribution is -2.28. The number of rotatable bonds is 10. The second-order valence-electron chi connectivity index (χ2n) is 9.01. The summed E-state index contributed by atoms with van der Waals surface area (Å²) >= 11 is 0. The Kier molecular flexibility index (Phi) is 7.59. The first kappa shape index (κ1) is 25.0. The van der Waals surface area contributed by atoms with Crippen LogP contribution >= 0.6 is 0 Å². The first-order valence-electron chi connectivity index (χ1n) is 12.4. The maximum absolute atomic E-state index is 13.4. The second-order valence-corrected chi connectivity index (χ2v) is 9.01. The molecule has 4 aromatic carbocycles. The van der Waals surface area contributed by atoms with Crippen molar-refractivity contribution >= 4 is 17.5 Å². The summed E-state index contributed by atoms with van der Waals surface area (Å²) in [4.78, 5) is 31.6. The van der Waals surface area contributed by atoms with Crippen LogP contribution in [0.3, 0.4) is 0 Å².